The van der Waals surface area contributed by atoms with Crippen LogP contribution in [0.4, 0.5) is 0 Å². The number of amides is 1. The topological polar surface area (TPSA) is 52.6 Å². The van der Waals surface area contributed by atoms with Crippen LogP contribution in [-0.2, 0) is 17.8 Å². The van der Waals surface area contributed by atoms with Crippen LogP contribution in [0.5, 0.6) is 0 Å². The third-order valence-electron chi connectivity index (χ3n) is 4.21. The molecule has 21 heavy (non-hydrogen) atoms. The summed E-state index contributed by atoms with van der Waals surface area (Å²) in [5, 5.41) is 12.6. The minimum absolute atomic E-state index is 0.0944. The zero-order valence-corrected chi connectivity index (χ0v) is 13.8. The Balaban J connectivity index is 1.68. The molecule has 1 aliphatic heterocycles. The van der Waals surface area contributed by atoms with Gasteiger partial charge in [0.15, 0.2) is 0 Å². The third kappa shape index (κ3) is 5.09. The van der Waals surface area contributed by atoms with Crippen LogP contribution in [0.2, 0.25) is 0 Å². The van der Waals surface area contributed by atoms with Crippen LogP contribution in [0.1, 0.15) is 36.4 Å². The predicted molar refractivity (Wildman–Crippen MR) is 86.4 cm³/mol. The Morgan fingerprint density at radius 3 is 2.67 bits per heavy atom. The number of likely N-dealkylation sites (tertiary alicyclic amines) is 1. The average Bonchev–Trinajstić information content (AvgIpc) is 2.94. The van der Waals surface area contributed by atoms with Crippen LogP contribution in [0.25, 0.3) is 0 Å². The summed E-state index contributed by atoms with van der Waals surface area (Å²) in [5.74, 6) is 0.486. The first-order chi connectivity index (χ1) is 10.1. The summed E-state index contributed by atoms with van der Waals surface area (Å²) in [6, 6.07) is 4.23. The Hall–Kier alpha value is -0.910. The maximum Gasteiger partial charge on any atom is 0.234 e. The lowest BCUT2D eigenvalue weighted by molar-refractivity contribution is -0.122. The van der Waals surface area contributed by atoms with Crippen molar-refractivity contribution < 1.29 is 9.90 Å². The molecule has 4 nitrogen and oxygen atoms in total. The number of carbonyl (C=O) groups is 1. The Kier molecular flexibility index (Phi) is 6.21. The monoisotopic (exact) mass is 310 g/mol. The van der Waals surface area contributed by atoms with Gasteiger partial charge in [0.05, 0.1) is 19.2 Å². The maximum absolute atomic E-state index is 12.0. The molecular formula is C16H26N2O2S. The molecule has 118 valence electrons. The van der Waals surface area contributed by atoms with E-state index in [1.165, 1.54) is 9.75 Å². The second-order valence-electron chi connectivity index (χ2n) is 5.85. The molecule has 0 spiro atoms. The van der Waals surface area contributed by atoms with Crippen molar-refractivity contribution in [2.24, 2.45) is 5.92 Å². The first kappa shape index (κ1) is 16.5. The van der Waals surface area contributed by atoms with E-state index in [0.29, 0.717) is 19.0 Å². The molecule has 2 rings (SSSR count). The predicted octanol–water partition coefficient (Wildman–Crippen LogP) is 2.02. The molecule has 0 bridgehead atoms. The van der Waals surface area contributed by atoms with Crippen LogP contribution in [0.15, 0.2) is 12.1 Å². The molecular weight excluding hydrogens is 284 g/mol. The van der Waals surface area contributed by atoms with Crippen LogP contribution < -0.4 is 5.32 Å². The van der Waals surface area contributed by atoms with E-state index < -0.39 is 0 Å². The largest absolute Gasteiger partial charge is 0.393 e. The van der Waals surface area contributed by atoms with Gasteiger partial charge in [0.2, 0.25) is 5.91 Å². The van der Waals surface area contributed by atoms with E-state index in [-0.39, 0.29) is 12.0 Å². The number of nitrogens with one attached hydrogen (secondary N) is 1. The van der Waals surface area contributed by atoms with Gasteiger partial charge in [0.1, 0.15) is 0 Å². The Morgan fingerprint density at radius 2 is 2.10 bits per heavy atom. The molecule has 0 aromatic carbocycles. The zero-order valence-electron chi connectivity index (χ0n) is 13.0. The minimum Gasteiger partial charge on any atom is -0.393 e. The second kappa shape index (κ2) is 7.92. The summed E-state index contributed by atoms with van der Waals surface area (Å²) in [6.07, 6.45) is 2.79. The number of aryl methyl sites for hydroxylation is 1. The van der Waals surface area contributed by atoms with Crippen LogP contribution in [-0.4, -0.2) is 41.7 Å². The van der Waals surface area contributed by atoms with Gasteiger partial charge in [0.25, 0.3) is 0 Å². The standard InChI is InChI=1S/C16H26N2O2S/c1-3-14-4-5-15(21-14)10-17-16(20)11-18-8-6-13(7-9-18)12(2)19/h4-5,12-13,19H,3,6-11H2,1-2H3,(H,17,20). The van der Waals surface area contributed by atoms with Crippen molar-refractivity contribution >= 4 is 17.2 Å². The first-order valence-corrected chi connectivity index (χ1v) is 8.64. The number of aliphatic hydroxyl groups excluding tert-OH is 1. The molecule has 1 aromatic heterocycles. The number of hydrogen-bond acceptors (Lipinski definition) is 4. The van der Waals surface area contributed by atoms with E-state index in [1.807, 2.05) is 6.92 Å². The van der Waals surface area contributed by atoms with Crippen molar-refractivity contribution in [3.63, 3.8) is 0 Å². The van der Waals surface area contributed by atoms with Crippen LogP contribution >= 0.6 is 11.3 Å². The zero-order chi connectivity index (χ0) is 15.2. The number of piperidine rings is 1. The number of carbonyl (C=O) groups excluding carboxylic acids is 1. The first-order valence-electron chi connectivity index (χ1n) is 7.83. The molecule has 0 saturated carbocycles. The normalized spacial score (nSPS) is 18.6. The summed E-state index contributed by atoms with van der Waals surface area (Å²) in [5.41, 5.74) is 0. The SMILES string of the molecule is CCc1ccc(CNC(=O)CN2CCC(C(C)O)CC2)s1. The van der Waals surface area contributed by atoms with Gasteiger partial charge >= 0.3 is 0 Å². The van der Waals surface area contributed by atoms with Gasteiger partial charge in [0, 0.05) is 9.75 Å². The average molecular weight is 310 g/mol. The molecule has 1 aromatic rings. The van der Waals surface area contributed by atoms with E-state index in [9.17, 15) is 9.90 Å². The molecule has 2 N–H and O–H groups in total. The summed E-state index contributed by atoms with van der Waals surface area (Å²) in [7, 11) is 0. The molecule has 1 fully saturated rings. The fourth-order valence-electron chi connectivity index (χ4n) is 2.75. The molecule has 1 saturated heterocycles. The fraction of sp³-hybridized carbons (Fsp3) is 0.688. The lowest BCUT2D eigenvalue weighted by Gasteiger charge is -2.32. The second-order valence-corrected chi connectivity index (χ2v) is 7.11. The third-order valence-corrected chi connectivity index (χ3v) is 5.44. The van der Waals surface area contributed by atoms with E-state index >= 15 is 0 Å². The Labute approximate surface area is 131 Å². The minimum atomic E-state index is -0.229. The van der Waals surface area contributed by atoms with Gasteiger partial charge in [-0.2, -0.15) is 0 Å². The van der Waals surface area contributed by atoms with Crippen molar-refractivity contribution in [1.29, 1.82) is 0 Å². The van der Waals surface area contributed by atoms with Gasteiger partial charge in [-0.25, -0.2) is 0 Å². The maximum atomic E-state index is 12.0. The number of thiophene rings is 1. The quantitative estimate of drug-likeness (QED) is 0.845. The van der Waals surface area contributed by atoms with Gasteiger partial charge in [-0.15, -0.1) is 11.3 Å². The van der Waals surface area contributed by atoms with Gasteiger partial charge in [-0.3, -0.25) is 9.69 Å². The summed E-state index contributed by atoms with van der Waals surface area (Å²) >= 11 is 1.77. The smallest absolute Gasteiger partial charge is 0.234 e. The highest BCUT2D eigenvalue weighted by molar-refractivity contribution is 7.11. The molecule has 0 radical (unpaired) electrons. The molecule has 1 unspecified atom stereocenters. The van der Waals surface area contributed by atoms with Crippen LogP contribution in [0, 0.1) is 5.92 Å². The molecule has 5 heteroatoms. The Bertz CT molecular complexity index is 451. The van der Waals surface area contributed by atoms with E-state index in [1.54, 1.807) is 11.3 Å². The van der Waals surface area contributed by atoms with Gasteiger partial charge in [-0.05, 0) is 57.3 Å². The van der Waals surface area contributed by atoms with E-state index in [4.69, 9.17) is 0 Å². The van der Waals surface area contributed by atoms with Crippen molar-refractivity contribution in [2.75, 3.05) is 19.6 Å². The van der Waals surface area contributed by atoms with Crippen molar-refractivity contribution in [1.82, 2.24) is 10.2 Å². The van der Waals surface area contributed by atoms with Crippen LogP contribution in [0.3, 0.4) is 0 Å². The summed E-state index contributed by atoms with van der Waals surface area (Å²) in [6.45, 7) is 6.92. The van der Waals surface area contributed by atoms with Gasteiger partial charge in [-0.1, -0.05) is 6.92 Å². The molecule has 2 heterocycles. The van der Waals surface area contributed by atoms with Crippen molar-refractivity contribution in [3.05, 3.63) is 21.9 Å². The number of aliphatic hydroxyl groups is 1. The summed E-state index contributed by atoms with van der Waals surface area (Å²) < 4.78 is 0. The number of hydrogen-bond donors (Lipinski definition) is 2. The highest BCUT2D eigenvalue weighted by Gasteiger charge is 2.23. The molecule has 1 amide bonds. The van der Waals surface area contributed by atoms with E-state index in [0.717, 1.165) is 32.4 Å². The number of rotatable bonds is 6. The lowest BCUT2D eigenvalue weighted by Crippen LogP contribution is -2.42. The molecule has 0 aliphatic carbocycles. The fourth-order valence-corrected chi connectivity index (χ4v) is 3.64. The highest BCUT2D eigenvalue weighted by atomic mass is 32.1. The highest BCUT2D eigenvalue weighted by Crippen LogP contribution is 2.20. The number of nitrogens with zero attached hydrogens (tertiary/aromatic N) is 1. The van der Waals surface area contributed by atoms with Crippen molar-refractivity contribution in [2.45, 2.75) is 45.8 Å². The van der Waals surface area contributed by atoms with Gasteiger partial charge < -0.3 is 10.4 Å². The van der Waals surface area contributed by atoms with Crippen molar-refractivity contribution in [3.8, 4) is 0 Å². The summed E-state index contributed by atoms with van der Waals surface area (Å²) in [4.78, 5) is 16.7. The molecule has 1 aliphatic rings. The molecule has 1 atom stereocenters. The van der Waals surface area contributed by atoms with E-state index in [2.05, 4.69) is 29.3 Å². The Morgan fingerprint density at radius 1 is 1.43 bits per heavy atom. The lowest BCUT2D eigenvalue weighted by atomic mass is 9.92.